The summed E-state index contributed by atoms with van der Waals surface area (Å²) >= 11 is 0. The third kappa shape index (κ3) is 1.88. The molecule has 1 heterocycles. The van der Waals surface area contributed by atoms with Crippen molar-refractivity contribution in [3.05, 3.63) is 17.0 Å². The first-order valence-electron chi connectivity index (χ1n) is 3.67. The van der Waals surface area contributed by atoms with E-state index in [9.17, 15) is 4.79 Å². The van der Waals surface area contributed by atoms with E-state index in [-0.39, 0.29) is 6.42 Å². The van der Waals surface area contributed by atoms with E-state index in [4.69, 9.17) is 10.9 Å². The molecule has 0 amide bonds. The van der Waals surface area contributed by atoms with Crippen LogP contribution in [-0.4, -0.2) is 18.2 Å². The molecule has 0 aromatic carbocycles. The Morgan fingerprint density at radius 2 is 2.46 bits per heavy atom. The van der Waals surface area contributed by atoms with Crippen molar-refractivity contribution in [2.45, 2.75) is 13.3 Å². The second-order valence-electron chi connectivity index (χ2n) is 2.46. The summed E-state index contributed by atoms with van der Waals surface area (Å²) < 4.78 is 9.33. The molecule has 0 saturated carbocycles. The van der Waals surface area contributed by atoms with Crippen molar-refractivity contribution in [3.8, 4) is 12.3 Å². The highest BCUT2D eigenvalue weighted by Gasteiger charge is 2.14. The number of rotatable bonds is 2. The van der Waals surface area contributed by atoms with Gasteiger partial charge in [0.15, 0.2) is 5.76 Å². The molecular formula is C9H9NO3. The van der Waals surface area contributed by atoms with Gasteiger partial charge in [-0.05, 0) is 6.92 Å². The van der Waals surface area contributed by atoms with Crippen LogP contribution >= 0.6 is 0 Å². The molecular weight excluding hydrogens is 170 g/mol. The van der Waals surface area contributed by atoms with Gasteiger partial charge >= 0.3 is 5.97 Å². The van der Waals surface area contributed by atoms with E-state index >= 15 is 0 Å². The van der Waals surface area contributed by atoms with E-state index in [1.165, 1.54) is 7.11 Å². The Labute approximate surface area is 75.9 Å². The van der Waals surface area contributed by atoms with Gasteiger partial charge in [-0.2, -0.15) is 0 Å². The summed E-state index contributed by atoms with van der Waals surface area (Å²) in [6.45, 7) is 1.72. The minimum absolute atomic E-state index is 0.0247. The molecule has 1 aromatic rings. The molecule has 0 bridgehead atoms. The number of hydrogen-bond acceptors (Lipinski definition) is 4. The predicted octanol–water partition coefficient (Wildman–Crippen LogP) is 0.680. The number of hydrogen-bond donors (Lipinski definition) is 0. The second-order valence-corrected chi connectivity index (χ2v) is 2.46. The van der Waals surface area contributed by atoms with E-state index in [0.717, 1.165) is 0 Å². The maximum Gasteiger partial charge on any atom is 0.313 e. The van der Waals surface area contributed by atoms with Crippen molar-refractivity contribution in [2.24, 2.45) is 0 Å². The molecule has 0 fully saturated rings. The Morgan fingerprint density at radius 1 is 1.77 bits per heavy atom. The van der Waals surface area contributed by atoms with Crippen LogP contribution in [0.2, 0.25) is 0 Å². The van der Waals surface area contributed by atoms with Crippen LogP contribution in [0, 0.1) is 19.3 Å². The molecule has 0 spiro atoms. The summed E-state index contributed by atoms with van der Waals surface area (Å²) in [4.78, 5) is 10.9. The highest BCUT2D eigenvalue weighted by Crippen LogP contribution is 2.12. The number of terminal acetylenes is 1. The Balaban J connectivity index is 2.90. The molecule has 0 N–H and O–H groups in total. The molecule has 4 nitrogen and oxygen atoms in total. The van der Waals surface area contributed by atoms with Crippen LogP contribution in [0.5, 0.6) is 0 Å². The minimum Gasteiger partial charge on any atom is -0.469 e. The van der Waals surface area contributed by atoms with Crippen molar-refractivity contribution >= 4 is 5.97 Å². The van der Waals surface area contributed by atoms with Gasteiger partial charge in [0.25, 0.3) is 0 Å². The summed E-state index contributed by atoms with van der Waals surface area (Å²) in [7, 11) is 1.31. The monoisotopic (exact) mass is 179 g/mol. The van der Waals surface area contributed by atoms with Gasteiger partial charge in [-0.15, -0.1) is 6.42 Å². The highest BCUT2D eigenvalue weighted by molar-refractivity contribution is 5.72. The average Bonchev–Trinajstić information content (AvgIpc) is 2.46. The average molecular weight is 179 g/mol. The van der Waals surface area contributed by atoms with Crippen LogP contribution in [-0.2, 0) is 16.0 Å². The molecule has 0 aliphatic carbocycles. The van der Waals surface area contributed by atoms with E-state index in [2.05, 4.69) is 15.8 Å². The van der Waals surface area contributed by atoms with E-state index < -0.39 is 5.97 Å². The molecule has 1 aromatic heterocycles. The SMILES string of the molecule is C#Cc1c(C)noc1CC(=O)OC. The molecule has 0 unspecified atom stereocenters. The summed E-state index contributed by atoms with van der Waals surface area (Å²) in [6.07, 6.45) is 5.24. The topological polar surface area (TPSA) is 52.3 Å². The second kappa shape index (κ2) is 3.76. The van der Waals surface area contributed by atoms with Gasteiger partial charge in [0.2, 0.25) is 0 Å². The van der Waals surface area contributed by atoms with E-state index in [1.807, 2.05) is 0 Å². The Kier molecular flexibility index (Phi) is 2.70. The molecule has 68 valence electrons. The number of carbonyl (C=O) groups is 1. The lowest BCUT2D eigenvalue weighted by Crippen LogP contribution is -2.04. The van der Waals surface area contributed by atoms with Crippen molar-refractivity contribution in [2.75, 3.05) is 7.11 Å². The van der Waals surface area contributed by atoms with Crippen LogP contribution < -0.4 is 0 Å². The first kappa shape index (κ1) is 9.33. The van der Waals surface area contributed by atoms with Gasteiger partial charge in [0, 0.05) is 0 Å². The summed E-state index contributed by atoms with van der Waals surface area (Å²) in [5, 5.41) is 3.65. The molecule has 0 aliphatic heterocycles. The fourth-order valence-corrected chi connectivity index (χ4v) is 0.925. The highest BCUT2D eigenvalue weighted by atomic mass is 16.5. The van der Waals surface area contributed by atoms with Crippen LogP contribution in [0.25, 0.3) is 0 Å². The van der Waals surface area contributed by atoms with Crippen molar-refractivity contribution in [1.82, 2.24) is 5.16 Å². The predicted molar refractivity (Wildman–Crippen MR) is 44.9 cm³/mol. The maximum absolute atomic E-state index is 10.9. The van der Waals surface area contributed by atoms with Crippen LogP contribution in [0.4, 0.5) is 0 Å². The van der Waals surface area contributed by atoms with E-state index in [0.29, 0.717) is 17.0 Å². The first-order chi connectivity index (χ1) is 6.19. The largest absolute Gasteiger partial charge is 0.469 e. The lowest BCUT2D eigenvalue weighted by Gasteiger charge is -1.94. The number of aryl methyl sites for hydroxylation is 1. The van der Waals surface area contributed by atoms with Gasteiger partial charge in [-0.3, -0.25) is 4.79 Å². The van der Waals surface area contributed by atoms with Crippen molar-refractivity contribution in [3.63, 3.8) is 0 Å². The summed E-state index contributed by atoms with van der Waals surface area (Å²) in [5.74, 6) is 2.39. The first-order valence-corrected chi connectivity index (χ1v) is 3.67. The van der Waals surface area contributed by atoms with Crippen LogP contribution in [0.1, 0.15) is 17.0 Å². The fourth-order valence-electron chi connectivity index (χ4n) is 0.925. The number of nitrogens with zero attached hydrogens (tertiary/aromatic N) is 1. The normalized spacial score (nSPS) is 9.31. The number of methoxy groups -OCH3 is 1. The molecule has 1 rings (SSSR count). The standard InChI is InChI=1S/C9H9NO3/c1-4-7-6(2)10-13-8(7)5-9(11)12-3/h1H,5H2,2-3H3. The molecule has 0 radical (unpaired) electrons. The van der Waals surface area contributed by atoms with Gasteiger partial charge in [-0.25, -0.2) is 0 Å². The van der Waals surface area contributed by atoms with Gasteiger partial charge in [-0.1, -0.05) is 11.1 Å². The van der Waals surface area contributed by atoms with Gasteiger partial charge in [0.05, 0.1) is 18.4 Å². The molecule has 0 aliphatic rings. The quantitative estimate of drug-likeness (QED) is 0.495. The smallest absolute Gasteiger partial charge is 0.313 e. The molecule has 4 heteroatoms. The van der Waals surface area contributed by atoms with Gasteiger partial charge < -0.3 is 9.26 Å². The summed E-state index contributed by atoms with van der Waals surface area (Å²) in [6, 6.07) is 0. The lowest BCUT2D eigenvalue weighted by molar-refractivity contribution is -0.140. The number of ether oxygens (including phenoxy) is 1. The zero-order valence-corrected chi connectivity index (χ0v) is 7.46. The molecule has 13 heavy (non-hydrogen) atoms. The number of aromatic nitrogens is 1. The van der Waals surface area contributed by atoms with Gasteiger partial charge in [0.1, 0.15) is 6.42 Å². The zero-order chi connectivity index (χ0) is 9.84. The Bertz CT molecular complexity index is 359. The van der Waals surface area contributed by atoms with E-state index in [1.54, 1.807) is 6.92 Å². The minimum atomic E-state index is -0.396. The van der Waals surface area contributed by atoms with Crippen molar-refractivity contribution in [1.29, 1.82) is 0 Å². The van der Waals surface area contributed by atoms with Crippen molar-refractivity contribution < 1.29 is 14.1 Å². The summed E-state index contributed by atoms with van der Waals surface area (Å²) in [5.41, 5.74) is 1.15. The third-order valence-electron chi connectivity index (χ3n) is 1.61. The lowest BCUT2D eigenvalue weighted by atomic mass is 10.2. The fraction of sp³-hybridized carbons (Fsp3) is 0.333. The molecule has 0 atom stereocenters. The third-order valence-corrected chi connectivity index (χ3v) is 1.61. The van der Waals surface area contributed by atoms with Crippen LogP contribution in [0.3, 0.4) is 0 Å². The number of carbonyl (C=O) groups excluding carboxylic acids is 1. The zero-order valence-electron chi connectivity index (χ0n) is 7.46. The number of esters is 1. The Morgan fingerprint density at radius 3 is 3.00 bits per heavy atom. The molecule has 0 saturated heterocycles. The van der Waals surface area contributed by atoms with Crippen LogP contribution in [0.15, 0.2) is 4.52 Å². The Hall–Kier alpha value is -1.76. The maximum atomic E-state index is 10.9.